The summed E-state index contributed by atoms with van der Waals surface area (Å²) in [6.45, 7) is 10.6. The number of halogens is 1. The number of aromatic nitrogens is 3. The summed E-state index contributed by atoms with van der Waals surface area (Å²) < 4.78 is 8.20. The lowest BCUT2D eigenvalue weighted by molar-refractivity contribution is 0.210. The maximum Gasteiger partial charge on any atom is 0.191 e. The van der Waals surface area contributed by atoms with Crippen LogP contribution in [0.25, 0.3) is 0 Å². The second kappa shape index (κ2) is 9.30. The molecule has 1 unspecified atom stereocenters. The Bertz CT molecular complexity index is 950. The maximum absolute atomic E-state index is 6.27. The quantitative estimate of drug-likeness (QED) is 0.327. The van der Waals surface area contributed by atoms with Gasteiger partial charge in [-0.05, 0) is 55.7 Å². The highest BCUT2D eigenvalue weighted by Gasteiger charge is 2.19. The van der Waals surface area contributed by atoms with Crippen molar-refractivity contribution in [1.82, 2.24) is 14.8 Å². The van der Waals surface area contributed by atoms with Crippen molar-refractivity contribution in [2.45, 2.75) is 44.3 Å². The molecule has 1 heterocycles. The molecule has 0 aliphatic heterocycles. The van der Waals surface area contributed by atoms with Gasteiger partial charge in [-0.15, -0.1) is 16.8 Å². The zero-order valence-electron chi connectivity index (χ0n) is 16.4. The summed E-state index contributed by atoms with van der Waals surface area (Å²) >= 11 is 7.88. The van der Waals surface area contributed by atoms with Gasteiger partial charge in [0.1, 0.15) is 5.75 Å². The molecule has 28 heavy (non-hydrogen) atoms. The van der Waals surface area contributed by atoms with Crippen LogP contribution in [0.15, 0.2) is 60.3 Å². The minimum atomic E-state index is -0.233. The summed E-state index contributed by atoms with van der Waals surface area (Å²) in [4.78, 5) is 0. The normalized spacial score (nSPS) is 12.0. The average Bonchev–Trinajstić information content (AvgIpc) is 3.03. The molecule has 3 rings (SSSR count). The second-order valence-corrected chi connectivity index (χ2v) is 8.05. The molecule has 3 aromatic rings. The molecular weight excluding hydrogens is 390 g/mol. The standard InChI is InChI=1S/C22H24ClN3OS/c1-5-10-26-21(17(4)27-19-12-15(2)11-16(3)13-19)24-25-22(26)28-14-18-8-6-7-9-20(18)23/h5-9,11-13,17H,1,10,14H2,2-4H3. The molecule has 0 aliphatic carbocycles. The molecule has 0 fully saturated rings. The topological polar surface area (TPSA) is 39.9 Å². The van der Waals surface area contributed by atoms with Crippen molar-refractivity contribution >= 4 is 23.4 Å². The number of nitrogens with zero attached hydrogens (tertiary/aromatic N) is 3. The maximum atomic E-state index is 6.27. The number of aryl methyl sites for hydroxylation is 2. The van der Waals surface area contributed by atoms with Crippen molar-refractivity contribution in [3.63, 3.8) is 0 Å². The van der Waals surface area contributed by atoms with Crippen LogP contribution in [-0.2, 0) is 12.3 Å². The minimum Gasteiger partial charge on any atom is -0.483 e. The number of ether oxygens (including phenoxy) is 1. The minimum absolute atomic E-state index is 0.233. The van der Waals surface area contributed by atoms with Gasteiger partial charge < -0.3 is 4.74 Å². The van der Waals surface area contributed by atoms with E-state index in [0.717, 1.165) is 33.1 Å². The SMILES string of the molecule is C=CCn1c(SCc2ccccc2Cl)nnc1C(C)Oc1cc(C)cc(C)c1. The monoisotopic (exact) mass is 413 g/mol. The van der Waals surface area contributed by atoms with Gasteiger partial charge in [-0.2, -0.15) is 0 Å². The zero-order valence-corrected chi connectivity index (χ0v) is 17.9. The van der Waals surface area contributed by atoms with E-state index in [0.29, 0.717) is 6.54 Å². The zero-order chi connectivity index (χ0) is 20.1. The molecule has 0 saturated heterocycles. The second-order valence-electron chi connectivity index (χ2n) is 6.70. The van der Waals surface area contributed by atoms with E-state index in [1.165, 1.54) is 11.1 Å². The fourth-order valence-electron chi connectivity index (χ4n) is 3.02. The third-order valence-electron chi connectivity index (χ3n) is 4.24. The van der Waals surface area contributed by atoms with Crippen molar-refractivity contribution in [2.75, 3.05) is 0 Å². The van der Waals surface area contributed by atoms with E-state index in [-0.39, 0.29) is 6.10 Å². The van der Waals surface area contributed by atoms with Gasteiger partial charge in [0.2, 0.25) is 0 Å². The molecule has 2 aromatic carbocycles. The molecule has 6 heteroatoms. The lowest BCUT2D eigenvalue weighted by Gasteiger charge is -2.16. The number of allylic oxidation sites excluding steroid dienone is 1. The van der Waals surface area contributed by atoms with Gasteiger partial charge >= 0.3 is 0 Å². The first-order chi connectivity index (χ1) is 13.5. The number of hydrogen-bond acceptors (Lipinski definition) is 4. The van der Waals surface area contributed by atoms with Gasteiger partial charge in [0.15, 0.2) is 17.1 Å². The van der Waals surface area contributed by atoms with Crippen LogP contribution in [0, 0.1) is 13.8 Å². The molecule has 0 amide bonds. The molecule has 0 saturated carbocycles. The van der Waals surface area contributed by atoms with Crippen LogP contribution in [0.4, 0.5) is 0 Å². The van der Waals surface area contributed by atoms with Crippen molar-refractivity contribution in [1.29, 1.82) is 0 Å². The van der Waals surface area contributed by atoms with E-state index in [1.807, 2.05) is 54.0 Å². The highest BCUT2D eigenvalue weighted by molar-refractivity contribution is 7.98. The van der Waals surface area contributed by atoms with Crippen LogP contribution in [0.1, 0.15) is 35.5 Å². The predicted octanol–water partition coefficient (Wildman–Crippen LogP) is 6.17. The van der Waals surface area contributed by atoms with Crippen molar-refractivity contribution < 1.29 is 4.74 Å². The Balaban J connectivity index is 1.79. The molecule has 1 atom stereocenters. The van der Waals surface area contributed by atoms with Crippen LogP contribution >= 0.6 is 23.4 Å². The Kier molecular flexibility index (Phi) is 6.81. The molecule has 0 aliphatic rings. The van der Waals surface area contributed by atoms with E-state index in [9.17, 15) is 0 Å². The summed E-state index contributed by atoms with van der Waals surface area (Å²) in [5, 5.41) is 10.4. The van der Waals surface area contributed by atoms with E-state index >= 15 is 0 Å². The van der Waals surface area contributed by atoms with Crippen molar-refractivity contribution in [3.8, 4) is 5.75 Å². The molecule has 0 bridgehead atoms. The number of hydrogen-bond donors (Lipinski definition) is 0. The highest BCUT2D eigenvalue weighted by atomic mass is 35.5. The summed E-state index contributed by atoms with van der Waals surface area (Å²) in [6, 6.07) is 14.0. The summed E-state index contributed by atoms with van der Waals surface area (Å²) in [5.41, 5.74) is 3.42. The average molecular weight is 414 g/mol. The van der Waals surface area contributed by atoms with Crippen LogP contribution in [0.3, 0.4) is 0 Å². The third-order valence-corrected chi connectivity index (χ3v) is 5.63. The first-order valence-corrected chi connectivity index (χ1v) is 10.5. The van der Waals surface area contributed by atoms with Crippen LogP contribution in [0.5, 0.6) is 5.75 Å². The Morgan fingerprint density at radius 3 is 2.57 bits per heavy atom. The number of rotatable bonds is 8. The van der Waals surface area contributed by atoms with Crippen LogP contribution < -0.4 is 4.74 Å². The van der Waals surface area contributed by atoms with Gasteiger partial charge in [0, 0.05) is 17.3 Å². The molecule has 4 nitrogen and oxygen atoms in total. The smallest absolute Gasteiger partial charge is 0.191 e. The molecule has 0 N–H and O–H groups in total. The van der Waals surface area contributed by atoms with Crippen molar-refractivity contribution in [2.24, 2.45) is 0 Å². The van der Waals surface area contributed by atoms with Gasteiger partial charge in [-0.25, -0.2) is 0 Å². The summed E-state index contributed by atoms with van der Waals surface area (Å²) in [7, 11) is 0. The van der Waals surface area contributed by atoms with E-state index < -0.39 is 0 Å². The molecule has 0 spiro atoms. The highest BCUT2D eigenvalue weighted by Crippen LogP contribution is 2.29. The van der Waals surface area contributed by atoms with Gasteiger partial charge in [-0.1, -0.05) is 53.7 Å². The lowest BCUT2D eigenvalue weighted by Crippen LogP contribution is -2.12. The summed E-state index contributed by atoms with van der Waals surface area (Å²) in [5.74, 6) is 2.34. The van der Waals surface area contributed by atoms with E-state index in [1.54, 1.807) is 11.8 Å². The Hall–Kier alpha value is -2.24. The predicted molar refractivity (Wildman–Crippen MR) is 116 cm³/mol. The van der Waals surface area contributed by atoms with Gasteiger partial charge in [0.25, 0.3) is 0 Å². The van der Waals surface area contributed by atoms with Gasteiger partial charge in [0.05, 0.1) is 0 Å². The number of benzene rings is 2. The molecule has 0 radical (unpaired) electrons. The largest absolute Gasteiger partial charge is 0.483 e. The first kappa shape index (κ1) is 20.5. The van der Waals surface area contributed by atoms with Gasteiger partial charge in [-0.3, -0.25) is 4.57 Å². The molecule has 146 valence electrons. The first-order valence-electron chi connectivity index (χ1n) is 9.13. The van der Waals surface area contributed by atoms with E-state index in [2.05, 4.69) is 36.7 Å². The van der Waals surface area contributed by atoms with E-state index in [4.69, 9.17) is 16.3 Å². The van der Waals surface area contributed by atoms with Crippen LogP contribution in [0.2, 0.25) is 5.02 Å². The Morgan fingerprint density at radius 1 is 1.18 bits per heavy atom. The lowest BCUT2D eigenvalue weighted by atomic mass is 10.1. The van der Waals surface area contributed by atoms with Crippen molar-refractivity contribution in [3.05, 3.63) is 82.7 Å². The molecule has 1 aromatic heterocycles. The fraction of sp³-hybridized carbons (Fsp3) is 0.273. The third kappa shape index (κ3) is 4.97. The molecular formula is C22H24ClN3OS. The summed E-state index contributed by atoms with van der Waals surface area (Å²) in [6.07, 6.45) is 1.61. The van der Waals surface area contributed by atoms with Crippen LogP contribution in [-0.4, -0.2) is 14.8 Å². The number of thioether (sulfide) groups is 1. The Labute approximate surface area is 175 Å². The fourth-order valence-corrected chi connectivity index (χ4v) is 4.26. The Morgan fingerprint density at radius 2 is 1.89 bits per heavy atom.